The molecule has 0 aromatic heterocycles. The molecule has 0 radical (unpaired) electrons. The largest absolute Gasteiger partial charge is 0.465 e. The predicted molar refractivity (Wildman–Crippen MR) is 74.2 cm³/mol. The quantitative estimate of drug-likeness (QED) is 0.413. The summed E-state index contributed by atoms with van der Waals surface area (Å²) in [6.07, 6.45) is 2.20. The maximum Gasteiger partial charge on any atom is 0.310 e. The van der Waals surface area contributed by atoms with E-state index >= 15 is 0 Å². The molecule has 1 aliphatic rings. The summed E-state index contributed by atoms with van der Waals surface area (Å²) in [6, 6.07) is 0. The van der Waals surface area contributed by atoms with Crippen LogP contribution in [-0.4, -0.2) is 24.1 Å². The number of carbonyl (C=O) groups is 1. The molecule has 0 bridgehead atoms. The van der Waals surface area contributed by atoms with Crippen molar-refractivity contribution in [2.24, 2.45) is 17.3 Å². The Morgan fingerprint density at radius 1 is 1.41 bits per heavy atom. The van der Waals surface area contributed by atoms with Crippen molar-refractivity contribution in [3.05, 3.63) is 11.6 Å². The van der Waals surface area contributed by atoms with E-state index in [1.807, 2.05) is 0 Å². The van der Waals surface area contributed by atoms with Crippen molar-refractivity contribution in [2.75, 3.05) is 18.1 Å². The molecule has 1 fully saturated rings. The molecule has 2 atom stereocenters. The van der Waals surface area contributed by atoms with Gasteiger partial charge in [0.15, 0.2) is 0 Å². The minimum atomic E-state index is -0.0193. The van der Waals surface area contributed by atoms with Crippen molar-refractivity contribution in [1.29, 1.82) is 0 Å². The first-order chi connectivity index (χ1) is 7.91. The van der Waals surface area contributed by atoms with Gasteiger partial charge >= 0.3 is 5.97 Å². The van der Waals surface area contributed by atoms with Gasteiger partial charge in [0.1, 0.15) is 6.61 Å². The van der Waals surface area contributed by atoms with Gasteiger partial charge in [0.05, 0.1) is 5.92 Å². The van der Waals surface area contributed by atoms with Crippen LogP contribution in [-0.2, 0) is 9.53 Å². The van der Waals surface area contributed by atoms with Gasteiger partial charge in [-0.3, -0.25) is 4.79 Å². The van der Waals surface area contributed by atoms with Crippen molar-refractivity contribution in [2.45, 2.75) is 34.6 Å². The lowest BCUT2D eigenvalue weighted by Gasteiger charge is -2.04. The Morgan fingerprint density at radius 2 is 2.06 bits per heavy atom. The van der Waals surface area contributed by atoms with E-state index in [2.05, 4.69) is 40.7 Å². The molecule has 0 aromatic rings. The standard InChI is InChI=1S/C14H24O2S/c1-6-17-8-7-16-13(15)12-11(9-10(2)3)14(12,4)5/h9,11-12H,6-8H2,1-5H3/t11-,12-/m0/s1. The number of hydrogen-bond donors (Lipinski definition) is 0. The summed E-state index contributed by atoms with van der Waals surface area (Å²) in [6.45, 7) is 11.1. The van der Waals surface area contributed by atoms with E-state index in [0.717, 1.165) is 11.5 Å². The molecule has 2 nitrogen and oxygen atoms in total. The van der Waals surface area contributed by atoms with Crippen LogP contribution in [0.2, 0.25) is 0 Å². The summed E-state index contributed by atoms with van der Waals surface area (Å²) >= 11 is 1.80. The van der Waals surface area contributed by atoms with Gasteiger partial charge in [-0.1, -0.05) is 32.4 Å². The summed E-state index contributed by atoms with van der Waals surface area (Å²) in [5, 5.41) is 0. The first kappa shape index (κ1) is 14.6. The van der Waals surface area contributed by atoms with E-state index in [1.54, 1.807) is 11.8 Å². The highest BCUT2D eigenvalue weighted by Crippen LogP contribution is 2.59. The van der Waals surface area contributed by atoms with E-state index in [0.29, 0.717) is 12.5 Å². The molecule has 1 aliphatic carbocycles. The fourth-order valence-corrected chi connectivity index (χ4v) is 2.72. The average molecular weight is 256 g/mol. The third-order valence-corrected chi connectivity index (χ3v) is 4.22. The molecule has 3 heteroatoms. The number of hydrogen-bond acceptors (Lipinski definition) is 3. The Bertz CT molecular complexity index is 303. The Hall–Kier alpha value is -0.440. The number of esters is 1. The minimum Gasteiger partial charge on any atom is -0.465 e. The highest BCUT2D eigenvalue weighted by molar-refractivity contribution is 7.99. The van der Waals surface area contributed by atoms with Crippen molar-refractivity contribution in [1.82, 2.24) is 0 Å². The Balaban J connectivity index is 2.41. The number of allylic oxidation sites excluding steroid dienone is 2. The van der Waals surface area contributed by atoms with Gasteiger partial charge in [0.2, 0.25) is 0 Å². The first-order valence-corrected chi connectivity index (χ1v) is 7.46. The van der Waals surface area contributed by atoms with E-state index in [1.165, 1.54) is 5.57 Å². The van der Waals surface area contributed by atoms with Crippen LogP contribution in [0.1, 0.15) is 34.6 Å². The van der Waals surface area contributed by atoms with Crippen LogP contribution in [0.5, 0.6) is 0 Å². The molecule has 0 heterocycles. The molecule has 98 valence electrons. The molecule has 0 aromatic carbocycles. The molecule has 1 saturated carbocycles. The second-order valence-electron chi connectivity index (χ2n) is 5.43. The zero-order chi connectivity index (χ0) is 13.1. The molecule has 1 rings (SSSR count). The fourth-order valence-electron chi connectivity index (χ4n) is 2.23. The summed E-state index contributed by atoms with van der Waals surface area (Å²) in [7, 11) is 0. The van der Waals surface area contributed by atoms with Crippen LogP contribution in [0.3, 0.4) is 0 Å². The van der Waals surface area contributed by atoms with Crippen LogP contribution in [0.4, 0.5) is 0 Å². The van der Waals surface area contributed by atoms with Crippen LogP contribution in [0.25, 0.3) is 0 Å². The lowest BCUT2D eigenvalue weighted by molar-refractivity contribution is -0.145. The zero-order valence-corrected chi connectivity index (χ0v) is 12.4. The van der Waals surface area contributed by atoms with Gasteiger partial charge in [-0.05, 0) is 30.9 Å². The molecular formula is C14H24O2S. The summed E-state index contributed by atoms with van der Waals surface area (Å²) < 4.78 is 5.33. The fraction of sp³-hybridized carbons (Fsp3) is 0.786. The van der Waals surface area contributed by atoms with Crippen molar-refractivity contribution in [3.8, 4) is 0 Å². The number of thioether (sulfide) groups is 1. The van der Waals surface area contributed by atoms with Crippen molar-refractivity contribution < 1.29 is 9.53 Å². The molecule has 0 unspecified atom stereocenters. The lowest BCUT2D eigenvalue weighted by Crippen LogP contribution is -2.12. The second-order valence-corrected chi connectivity index (χ2v) is 6.83. The highest BCUT2D eigenvalue weighted by atomic mass is 32.2. The maximum atomic E-state index is 11.9. The molecule has 0 aliphatic heterocycles. The Morgan fingerprint density at radius 3 is 2.59 bits per heavy atom. The number of carbonyl (C=O) groups excluding carboxylic acids is 1. The molecule has 0 spiro atoms. The number of rotatable bonds is 6. The van der Waals surface area contributed by atoms with E-state index in [9.17, 15) is 4.79 Å². The van der Waals surface area contributed by atoms with Gasteiger partial charge in [-0.2, -0.15) is 11.8 Å². The summed E-state index contributed by atoms with van der Waals surface area (Å²) in [4.78, 5) is 11.9. The lowest BCUT2D eigenvalue weighted by atomic mass is 10.1. The summed E-state index contributed by atoms with van der Waals surface area (Å²) in [5.41, 5.74) is 1.35. The van der Waals surface area contributed by atoms with Crippen LogP contribution in [0, 0.1) is 17.3 Å². The van der Waals surface area contributed by atoms with Gasteiger partial charge in [-0.15, -0.1) is 0 Å². The minimum absolute atomic E-state index is 0.0193. The first-order valence-electron chi connectivity index (χ1n) is 6.30. The zero-order valence-electron chi connectivity index (χ0n) is 11.6. The highest BCUT2D eigenvalue weighted by Gasteiger charge is 2.61. The molecule has 17 heavy (non-hydrogen) atoms. The topological polar surface area (TPSA) is 26.3 Å². The van der Waals surface area contributed by atoms with Crippen molar-refractivity contribution >= 4 is 17.7 Å². The predicted octanol–water partition coefficient (Wildman–Crippen LogP) is 3.52. The molecule has 0 saturated heterocycles. The Labute approximate surface area is 109 Å². The maximum absolute atomic E-state index is 11.9. The average Bonchev–Trinajstić information content (AvgIpc) is 2.74. The van der Waals surface area contributed by atoms with E-state index in [4.69, 9.17) is 4.74 Å². The van der Waals surface area contributed by atoms with Gasteiger partial charge < -0.3 is 4.74 Å². The van der Waals surface area contributed by atoms with Crippen LogP contribution in [0.15, 0.2) is 11.6 Å². The van der Waals surface area contributed by atoms with Gasteiger partial charge in [0, 0.05) is 5.75 Å². The van der Waals surface area contributed by atoms with Gasteiger partial charge in [-0.25, -0.2) is 0 Å². The third-order valence-electron chi connectivity index (χ3n) is 3.35. The SMILES string of the molecule is CCSCCOC(=O)[C@@H]1[C@H](C=C(C)C)C1(C)C. The van der Waals surface area contributed by atoms with Gasteiger partial charge in [0.25, 0.3) is 0 Å². The van der Waals surface area contributed by atoms with Crippen LogP contribution >= 0.6 is 11.8 Å². The smallest absolute Gasteiger partial charge is 0.310 e. The Kier molecular flexibility index (Phi) is 5.11. The van der Waals surface area contributed by atoms with Crippen LogP contribution < -0.4 is 0 Å². The van der Waals surface area contributed by atoms with E-state index in [-0.39, 0.29) is 17.3 Å². The van der Waals surface area contributed by atoms with Crippen molar-refractivity contribution in [3.63, 3.8) is 0 Å². The second kappa shape index (κ2) is 5.94. The third kappa shape index (κ3) is 3.77. The number of ether oxygens (including phenoxy) is 1. The summed E-state index contributed by atoms with van der Waals surface area (Å²) in [5.74, 6) is 2.38. The molecular weight excluding hydrogens is 232 g/mol. The molecule has 0 N–H and O–H groups in total. The van der Waals surface area contributed by atoms with E-state index < -0.39 is 0 Å². The molecule has 0 amide bonds. The normalized spacial score (nSPS) is 25.2. The monoisotopic (exact) mass is 256 g/mol.